The van der Waals surface area contributed by atoms with Crippen molar-refractivity contribution in [1.82, 2.24) is 5.32 Å². The Morgan fingerprint density at radius 3 is 2.45 bits per heavy atom. The van der Waals surface area contributed by atoms with Gasteiger partial charge >= 0.3 is 11.8 Å². The van der Waals surface area contributed by atoms with Gasteiger partial charge in [0.1, 0.15) is 5.75 Å². The Kier molecular flexibility index (Phi) is 6.07. The maximum Gasteiger partial charge on any atom is 0.313 e. The Labute approximate surface area is 169 Å². The van der Waals surface area contributed by atoms with Gasteiger partial charge in [0.25, 0.3) is 0 Å². The molecule has 1 aliphatic rings. The molecule has 2 N–H and O–H groups in total. The summed E-state index contributed by atoms with van der Waals surface area (Å²) in [6.45, 7) is 2.56. The van der Waals surface area contributed by atoms with Crippen LogP contribution in [0.2, 0.25) is 0 Å². The number of nitrogens with one attached hydrogen (secondary N) is 2. The normalized spacial score (nSPS) is 15.0. The molecule has 0 unspecified atom stereocenters. The average Bonchev–Trinajstić information content (AvgIpc) is 3.06. The van der Waals surface area contributed by atoms with Gasteiger partial charge in [-0.05, 0) is 37.1 Å². The van der Waals surface area contributed by atoms with Crippen LogP contribution in [0, 0.1) is 6.92 Å². The van der Waals surface area contributed by atoms with E-state index in [1.807, 2.05) is 31.2 Å². The summed E-state index contributed by atoms with van der Waals surface area (Å²) in [6, 6.07) is 12.2. The van der Waals surface area contributed by atoms with Gasteiger partial charge in [0, 0.05) is 13.1 Å². The highest BCUT2D eigenvalue weighted by Gasteiger charge is 2.29. The molecule has 0 atom stereocenters. The molecule has 0 radical (unpaired) electrons. The zero-order chi connectivity index (χ0) is 21.0. The van der Waals surface area contributed by atoms with Gasteiger partial charge in [0.05, 0.1) is 24.2 Å². The molecule has 1 heterocycles. The topological polar surface area (TPSA) is 105 Å². The lowest BCUT2D eigenvalue weighted by Gasteiger charge is -2.19. The van der Waals surface area contributed by atoms with Gasteiger partial charge in [0.2, 0.25) is 10.0 Å². The predicted molar refractivity (Wildman–Crippen MR) is 110 cm³/mol. The van der Waals surface area contributed by atoms with Gasteiger partial charge < -0.3 is 15.4 Å². The van der Waals surface area contributed by atoms with Crippen LogP contribution in [0.1, 0.15) is 17.5 Å². The van der Waals surface area contributed by atoms with Crippen molar-refractivity contribution in [2.75, 3.05) is 29.0 Å². The fraction of sp³-hybridized carbons (Fsp3) is 0.300. The van der Waals surface area contributed by atoms with Crippen LogP contribution in [0.25, 0.3) is 0 Å². The number of nitrogens with zero attached hydrogens (tertiary/aromatic N) is 1. The van der Waals surface area contributed by atoms with E-state index in [2.05, 4.69) is 10.6 Å². The Bertz CT molecular complexity index is 1020. The Morgan fingerprint density at radius 2 is 1.83 bits per heavy atom. The Balaban J connectivity index is 1.70. The number of carbonyl (C=O) groups excluding carboxylic acids is 2. The molecule has 0 bridgehead atoms. The van der Waals surface area contributed by atoms with E-state index in [0.29, 0.717) is 24.4 Å². The summed E-state index contributed by atoms with van der Waals surface area (Å²) in [4.78, 5) is 24.5. The summed E-state index contributed by atoms with van der Waals surface area (Å²) in [7, 11) is -1.94. The number of amides is 2. The van der Waals surface area contributed by atoms with Crippen molar-refractivity contribution in [1.29, 1.82) is 0 Å². The number of anilines is 2. The molecule has 0 aliphatic carbocycles. The first-order valence-electron chi connectivity index (χ1n) is 9.13. The molecule has 154 valence electrons. The fourth-order valence-corrected chi connectivity index (χ4v) is 4.58. The van der Waals surface area contributed by atoms with Gasteiger partial charge in [-0.3, -0.25) is 13.9 Å². The first kappa shape index (κ1) is 20.7. The maximum absolute atomic E-state index is 12.3. The smallest absolute Gasteiger partial charge is 0.313 e. The van der Waals surface area contributed by atoms with Crippen LogP contribution < -0.4 is 19.7 Å². The molecule has 9 heteroatoms. The lowest BCUT2D eigenvalue weighted by Crippen LogP contribution is -2.35. The molecule has 2 amide bonds. The van der Waals surface area contributed by atoms with Crippen molar-refractivity contribution in [3.63, 3.8) is 0 Å². The first-order valence-corrected chi connectivity index (χ1v) is 10.7. The number of rotatable bonds is 5. The fourth-order valence-electron chi connectivity index (χ4n) is 3.03. The molecule has 0 aromatic heterocycles. The molecular formula is C20H23N3O5S. The largest absolute Gasteiger partial charge is 0.495 e. The quantitative estimate of drug-likeness (QED) is 0.722. The first-order chi connectivity index (χ1) is 13.8. The zero-order valence-corrected chi connectivity index (χ0v) is 17.1. The molecule has 3 rings (SSSR count). The van der Waals surface area contributed by atoms with E-state index in [9.17, 15) is 18.0 Å². The van der Waals surface area contributed by atoms with Crippen molar-refractivity contribution in [3.05, 3.63) is 53.6 Å². The van der Waals surface area contributed by atoms with Gasteiger partial charge in [-0.25, -0.2) is 8.42 Å². The van der Waals surface area contributed by atoms with Gasteiger partial charge in [-0.1, -0.05) is 29.8 Å². The highest BCUT2D eigenvalue weighted by molar-refractivity contribution is 7.93. The summed E-state index contributed by atoms with van der Waals surface area (Å²) in [6.07, 6.45) is 0.539. The van der Waals surface area contributed by atoms with E-state index in [4.69, 9.17) is 4.74 Å². The molecule has 8 nitrogen and oxygen atoms in total. The number of aryl methyl sites for hydroxylation is 1. The molecule has 0 spiro atoms. The SMILES string of the molecule is COc1ccc(N2CCCS2(=O)=O)cc1NC(=O)C(=O)NCc1ccc(C)cc1. The van der Waals surface area contributed by atoms with Crippen molar-refractivity contribution >= 4 is 33.2 Å². The number of sulfonamides is 1. The van der Waals surface area contributed by atoms with Crippen LogP contribution in [-0.4, -0.2) is 39.6 Å². The summed E-state index contributed by atoms with van der Waals surface area (Å²) >= 11 is 0. The molecule has 0 saturated carbocycles. The predicted octanol–water partition coefficient (Wildman–Crippen LogP) is 1.80. The van der Waals surface area contributed by atoms with Gasteiger partial charge in [-0.15, -0.1) is 0 Å². The molecule has 1 saturated heterocycles. The number of carbonyl (C=O) groups is 2. The summed E-state index contributed by atoms with van der Waals surface area (Å²) < 4.78 is 30.8. The lowest BCUT2D eigenvalue weighted by molar-refractivity contribution is -0.136. The van der Waals surface area contributed by atoms with E-state index >= 15 is 0 Å². The molecule has 1 fully saturated rings. The Morgan fingerprint density at radius 1 is 1.10 bits per heavy atom. The lowest BCUT2D eigenvalue weighted by atomic mass is 10.1. The van der Waals surface area contributed by atoms with E-state index < -0.39 is 21.8 Å². The molecule has 2 aromatic carbocycles. The minimum atomic E-state index is -3.36. The van der Waals surface area contributed by atoms with Crippen molar-refractivity contribution in [2.45, 2.75) is 19.9 Å². The van der Waals surface area contributed by atoms with E-state index in [1.165, 1.54) is 17.5 Å². The van der Waals surface area contributed by atoms with Crippen molar-refractivity contribution in [3.8, 4) is 5.75 Å². The molecule has 29 heavy (non-hydrogen) atoms. The molecule has 1 aliphatic heterocycles. The monoisotopic (exact) mass is 417 g/mol. The van der Waals surface area contributed by atoms with E-state index in [0.717, 1.165) is 11.1 Å². The number of hydrogen-bond acceptors (Lipinski definition) is 5. The maximum atomic E-state index is 12.3. The number of methoxy groups -OCH3 is 1. The highest BCUT2D eigenvalue weighted by Crippen LogP contribution is 2.32. The third-order valence-corrected chi connectivity index (χ3v) is 6.47. The van der Waals surface area contributed by atoms with E-state index in [-0.39, 0.29) is 18.0 Å². The molecule has 2 aromatic rings. The Hall–Kier alpha value is -3.07. The standard InChI is InChI=1S/C20H23N3O5S/c1-14-4-6-15(7-5-14)13-21-19(24)20(25)22-17-12-16(8-9-18(17)28-2)23-10-3-11-29(23,26)27/h4-9,12H,3,10-11,13H2,1-2H3,(H,21,24)(H,22,25). The van der Waals surface area contributed by atoms with E-state index in [1.54, 1.807) is 12.1 Å². The van der Waals surface area contributed by atoms with Crippen LogP contribution in [0.3, 0.4) is 0 Å². The number of benzene rings is 2. The van der Waals surface area contributed by atoms with Crippen molar-refractivity contribution < 1.29 is 22.7 Å². The second-order valence-corrected chi connectivity index (χ2v) is 8.76. The van der Waals surface area contributed by atoms with Crippen LogP contribution >= 0.6 is 0 Å². The zero-order valence-electron chi connectivity index (χ0n) is 16.3. The highest BCUT2D eigenvalue weighted by atomic mass is 32.2. The van der Waals surface area contributed by atoms with Crippen LogP contribution in [0.15, 0.2) is 42.5 Å². The van der Waals surface area contributed by atoms with Crippen LogP contribution in [-0.2, 0) is 26.2 Å². The minimum absolute atomic E-state index is 0.0855. The third kappa shape index (κ3) is 4.86. The second-order valence-electron chi connectivity index (χ2n) is 6.75. The minimum Gasteiger partial charge on any atom is -0.495 e. The summed E-state index contributed by atoms with van der Waals surface area (Å²) in [5.41, 5.74) is 2.61. The van der Waals surface area contributed by atoms with Crippen LogP contribution in [0.5, 0.6) is 5.75 Å². The van der Waals surface area contributed by atoms with Crippen LogP contribution in [0.4, 0.5) is 11.4 Å². The number of hydrogen-bond donors (Lipinski definition) is 2. The number of ether oxygens (including phenoxy) is 1. The van der Waals surface area contributed by atoms with Gasteiger partial charge in [-0.2, -0.15) is 0 Å². The third-order valence-electron chi connectivity index (χ3n) is 4.60. The summed E-state index contributed by atoms with van der Waals surface area (Å²) in [5.74, 6) is -1.25. The van der Waals surface area contributed by atoms with Gasteiger partial charge in [0.15, 0.2) is 0 Å². The van der Waals surface area contributed by atoms with Crippen molar-refractivity contribution in [2.24, 2.45) is 0 Å². The second kappa shape index (κ2) is 8.52. The average molecular weight is 417 g/mol. The summed E-state index contributed by atoms with van der Waals surface area (Å²) in [5, 5.41) is 5.06. The molecular weight excluding hydrogens is 394 g/mol.